The van der Waals surface area contributed by atoms with Crippen molar-refractivity contribution >= 4 is 11.9 Å². The van der Waals surface area contributed by atoms with E-state index in [0.717, 1.165) is 5.56 Å². The van der Waals surface area contributed by atoms with Crippen LogP contribution >= 0.6 is 0 Å². The van der Waals surface area contributed by atoms with Gasteiger partial charge in [-0.15, -0.1) is 0 Å². The van der Waals surface area contributed by atoms with Gasteiger partial charge in [-0.3, -0.25) is 9.59 Å². The Morgan fingerprint density at radius 3 is 2.30 bits per heavy atom. The van der Waals surface area contributed by atoms with E-state index in [1.165, 1.54) is 0 Å². The molecule has 1 heterocycles. The molecule has 0 aromatic heterocycles. The molecule has 1 N–H and O–H groups in total. The minimum absolute atomic E-state index is 0.115. The summed E-state index contributed by atoms with van der Waals surface area (Å²) in [7, 11) is 0. The molecule has 20 heavy (non-hydrogen) atoms. The van der Waals surface area contributed by atoms with Gasteiger partial charge >= 0.3 is 5.97 Å². The second-order valence-corrected chi connectivity index (χ2v) is 5.48. The lowest BCUT2D eigenvalue weighted by atomic mass is 9.74. The third-order valence-electron chi connectivity index (χ3n) is 4.21. The molecular weight excluding hydrogens is 254 g/mol. The lowest BCUT2D eigenvalue weighted by Crippen LogP contribution is -2.47. The summed E-state index contributed by atoms with van der Waals surface area (Å²) >= 11 is 0. The fourth-order valence-corrected chi connectivity index (χ4v) is 2.86. The summed E-state index contributed by atoms with van der Waals surface area (Å²) in [4.78, 5) is 25.2. The number of amides is 1. The molecule has 4 nitrogen and oxygen atoms in total. The van der Waals surface area contributed by atoms with Crippen LogP contribution in [0, 0.1) is 5.41 Å². The molecule has 1 aliphatic heterocycles. The van der Waals surface area contributed by atoms with E-state index in [-0.39, 0.29) is 5.91 Å². The van der Waals surface area contributed by atoms with Crippen LogP contribution < -0.4 is 0 Å². The molecule has 2 rings (SSSR count). The van der Waals surface area contributed by atoms with Gasteiger partial charge < -0.3 is 10.0 Å². The fraction of sp³-hybridized carbons (Fsp3) is 0.500. The highest BCUT2D eigenvalue weighted by molar-refractivity contribution is 5.78. The van der Waals surface area contributed by atoms with Crippen LogP contribution in [-0.4, -0.2) is 35.0 Å². The number of hydrogen-bond donors (Lipinski definition) is 1. The van der Waals surface area contributed by atoms with Crippen LogP contribution in [0.25, 0.3) is 0 Å². The quantitative estimate of drug-likeness (QED) is 0.917. The Balaban J connectivity index is 2.10. The average Bonchev–Trinajstić information content (AvgIpc) is 2.48. The highest BCUT2D eigenvalue weighted by Gasteiger charge is 2.42. The number of rotatable bonds is 4. The zero-order valence-electron chi connectivity index (χ0n) is 11.8. The maximum absolute atomic E-state index is 11.7. The number of piperidine rings is 1. The van der Waals surface area contributed by atoms with Gasteiger partial charge in [0.2, 0.25) is 5.91 Å². The van der Waals surface area contributed by atoms with Gasteiger partial charge in [-0.25, -0.2) is 0 Å². The van der Waals surface area contributed by atoms with Crippen LogP contribution in [0.1, 0.15) is 31.7 Å². The lowest BCUT2D eigenvalue weighted by molar-refractivity contribution is -0.154. The van der Waals surface area contributed by atoms with Crippen LogP contribution in [0.3, 0.4) is 0 Å². The number of carboxylic acids is 1. The van der Waals surface area contributed by atoms with Gasteiger partial charge in [0, 0.05) is 19.5 Å². The number of carbonyl (C=O) groups is 2. The van der Waals surface area contributed by atoms with Gasteiger partial charge in [0.15, 0.2) is 0 Å². The molecule has 0 unspecified atom stereocenters. The van der Waals surface area contributed by atoms with E-state index in [2.05, 4.69) is 0 Å². The second kappa shape index (κ2) is 6.07. The third kappa shape index (κ3) is 3.00. The smallest absolute Gasteiger partial charge is 0.310 e. The van der Waals surface area contributed by atoms with Crippen molar-refractivity contribution in [3.8, 4) is 0 Å². The first-order valence-corrected chi connectivity index (χ1v) is 7.12. The molecule has 0 spiro atoms. The first-order chi connectivity index (χ1) is 9.57. The molecule has 4 heteroatoms. The molecular formula is C16H21NO3. The summed E-state index contributed by atoms with van der Waals surface area (Å²) in [5, 5.41) is 9.63. The SMILES string of the molecule is CCC(=O)N1CCC(Cc2ccccc2)(C(=O)O)CC1. The molecule has 1 fully saturated rings. The standard InChI is InChI=1S/C16H21NO3/c1-2-14(18)17-10-8-16(9-11-17,15(19)20)12-13-6-4-3-5-7-13/h3-7H,2,8-12H2,1H3,(H,19,20). The maximum atomic E-state index is 11.7. The number of nitrogens with zero attached hydrogens (tertiary/aromatic N) is 1. The Bertz CT molecular complexity index is 476. The first kappa shape index (κ1) is 14.6. The molecule has 1 aromatic carbocycles. The van der Waals surface area contributed by atoms with E-state index in [1.807, 2.05) is 37.3 Å². The van der Waals surface area contributed by atoms with Gasteiger partial charge in [0.25, 0.3) is 0 Å². The van der Waals surface area contributed by atoms with Crippen molar-refractivity contribution in [3.05, 3.63) is 35.9 Å². The number of carboxylic acid groups (broad SMARTS) is 1. The van der Waals surface area contributed by atoms with Crippen molar-refractivity contribution < 1.29 is 14.7 Å². The maximum Gasteiger partial charge on any atom is 0.310 e. The Labute approximate surface area is 119 Å². The predicted octanol–water partition coefficient (Wildman–Crippen LogP) is 2.33. The molecule has 1 aromatic rings. The highest BCUT2D eigenvalue weighted by Crippen LogP contribution is 2.35. The van der Waals surface area contributed by atoms with Crippen molar-refractivity contribution in [2.75, 3.05) is 13.1 Å². The monoisotopic (exact) mass is 275 g/mol. The number of benzene rings is 1. The summed E-state index contributed by atoms with van der Waals surface area (Å²) in [6.45, 7) is 2.93. The first-order valence-electron chi connectivity index (χ1n) is 7.12. The number of hydrogen-bond acceptors (Lipinski definition) is 2. The zero-order chi connectivity index (χ0) is 14.6. The van der Waals surface area contributed by atoms with Gasteiger partial charge in [-0.1, -0.05) is 37.3 Å². The predicted molar refractivity (Wildman–Crippen MR) is 76.3 cm³/mol. The van der Waals surface area contributed by atoms with Crippen LogP contribution in [0.5, 0.6) is 0 Å². The van der Waals surface area contributed by atoms with Gasteiger partial charge in [0.1, 0.15) is 0 Å². The van der Waals surface area contributed by atoms with Crippen molar-refractivity contribution in [3.63, 3.8) is 0 Å². The second-order valence-electron chi connectivity index (χ2n) is 5.48. The Morgan fingerprint density at radius 2 is 1.80 bits per heavy atom. The van der Waals surface area contributed by atoms with E-state index >= 15 is 0 Å². The Kier molecular flexibility index (Phi) is 4.42. The number of likely N-dealkylation sites (tertiary alicyclic amines) is 1. The minimum Gasteiger partial charge on any atom is -0.481 e. The summed E-state index contributed by atoms with van der Waals surface area (Å²) < 4.78 is 0. The summed E-state index contributed by atoms with van der Waals surface area (Å²) in [6.07, 6.45) is 2.09. The van der Waals surface area contributed by atoms with E-state index in [4.69, 9.17) is 0 Å². The molecule has 0 aliphatic carbocycles. The molecule has 0 atom stereocenters. The van der Waals surface area contributed by atoms with Crippen molar-refractivity contribution in [2.24, 2.45) is 5.41 Å². The third-order valence-corrected chi connectivity index (χ3v) is 4.21. The Morgan fingerprint density at radius 1 is 1.20 bits per heavy atom. The van der Waals surface area contributed by atoms with E-state index in [9.17, 15) is 14.7 Å². The van der Waals surface area contributed by atoms with Crippen LogP contribution in [0.2, 0.25) is 0 Å². The number of carbonyl (C=O) groups excluding carboxylic acids is 1. The zero-order valence-corrected chi connectivity index (χ0v) is 11.8. The number of aliphatic carboxylic acids is 1. The fourth-order valence-electron chi connectivity index (χ4n) is 2.86. The summed E-state index contributed by atoms with van der Waals surface area (Å²) in [5.74, 6) is -0.631. The molecule has 108 valence electrons. The van der Waals surface area contributed by atoms with Crippen molar-refractivity contribution in [1.82, 2.24) is 4.90 Å². The topological polar surface area (TPSA) is 57.6 Å². The largest absolute Gasteiger partial charge is 0.481 e. The van der Waals surface area contributed by atoms with Gasteiger partial charge in [0.05, 0.1) is 5.41 Å². The van der Waals surface area contributed by atoms with Crippen LogP contribution in [-0.2, 0) is 16.0 Å². The molecule has 0 radical (unpaired) electrons. The minimum atomic E-state index is -0.745. The van der Waals surface area contributed by atoms with Crippen molar-refractivity contribution in [1.29, 1.82) is 0 Å². The van der Waals surface area contributed by atoms with E-state index < -0.39 is 11.4 Å². The van der Waals surface area contributed by atoms with Crippen LogP contribution in [0.15, 0.2) is 30.3 Å². The molecule has 0 bridgehead atoms. The van der Waals surface area contributed by atoms with Crippen LogP contribution in [0.4, 0.5) is 0 Å². The Hall–Kier alpha value is -1.84. The van der Waals surface area contributed by atoms with Gasteiger partial charge in [-0.2, -0.15) is 0 Å². The molecule has 0 saturated carbocycles. The summed E-state index contributed by atoms with van der Waals surface area (Å²) in [5.41, 5.74) is 0.316. The van der Waals surface area contributed by atoms with E-state index in [1.54, 1.807) is 4.90 Å². The molecule has 1 amide bonds. The van der Waals surface area contributed by atoms with Crippen molar-refractivity contribution in [2.45, 2.75) is 32.6 Å². The summed E-state index contributed by atoms with van der Waals surface area (Å²) in [6, 6.07) is 9.73. The molecule has 1 saturated heterocycles. The normalized spacial score (nSPS) is 17.8. The average molecular weight is 275 g/mol. The molecule has 1 aliphatic rings. The van der Waals surface area contributed by atoms with E-state index in [0.29, 0.717) is 38.8 Å². The highest BCUT2D eigenvalue weighted by atomic mass is 16.4. The lowest BCUT2D eigenvalue weighted by Gasteiger charge is -2.39. The van der Waals surface area contributed by atoms with Gasteiger partial charge in [-0.05, 0) is 24.8 Å².